The molecule has 0 bridgehead atoms. The molecular weight excluding hydrogens is 496 g/mol. The number of aryl methyl sites for hydroxylation is 3. The van der Waals surface area contributed by atoms with E-state index in [-0.39, 0.29) is 11.3 Å². The molecule has 1 amide bonds. The number of fused-ring (bicyclic) bond motifs is 1. The summed E-state index contributed by atoms with van der Waals surface area (Å²) < 4.78 is 6.76. The molecule has 0 saturated carbocycles. The summed E-state index contributed by atoms with van der Waals surface area (Å²) in [5.41, 5.74) is 5.14. The summed E-state index contributed by atoms with van der Waals surface area (Å²) in [7, 11) is 0. The smallest absolute Gasteiger partial charge is 0.301 e. The maximum atomic E-state index is 13.5. The molecule has 38 heavy (non-hydrogen) atoms. The van der Waals surface area contributed by atoms with Crippen molar-refractivity contribution in [2.75, 3.05) is 11.5 Å². The van der Waals surface area contributed by atoms with Gasteiger partial charge in [-0.15, -0.1) is 0 Å². The molecule has 7 heteroatoms. The number of rotatable bonds is 7. The van der Waals surface area contributed by atoms with E-state index in [0.717, 1.165) is 45.3 Å². The van der Waals surface area contributed by atoms with E-state index >= 15 is 0 Å². The molecule has 1 aliphatic rings. The summed E-state index contributed by atoms with van der Waals surface area (Å²) in [6, 6.07) is 17.9. The first-order valence-corrected chi connectivity index (χ1v) is 13.6. The molecule has 3 aromatic carbocycles. The Bertz CT molecular complexity index is 1570. The van der Waals surface area contributed by atoms with E-state index in [0.29, 0.717) is 23.1 Å². The molecule has 1 aromatic heterocycles. The van der Waals surface area contributed by atoms with Gasteiger partial charge in [0, 0.05) is 5.56 Å². The summed E-state index contributed by atoms with van der Waals surface area (Å²) in [4.78, 5) is 33.3. The van der Waals surface area contributed by atoms with Crippen LogP contribution in [-0.2, 0) is 9.59 Å². The second-order valence-corrected chi connectivity index (χ2v) is 10.7. The normalized spacial score (nSPS) is 16.9. The van der Waals surface area contributed by atoms with Crippen LogP contribution in [0.1, 0.15) is 53.6 Å². The number of hydrogen-bond acceptors (Lipinski definition) is 6. The van der Waals surface area contributed by atoms with Gasteiger partial charge in [0.25, 0.3) is 5.78 Å². The average molecular weight is 527 g/mol. The Balaban J connectivity index is 1.66. The first-order chi connectivity index (χ1) is 18.3. The van der Waals surface area contributed by atoms with Crippen LogP contribution in [0.5, 0.6) is 5.75 Å². The van der Waals surface area contributed by atoms with E-state index in [9.17, 15) is 14.7 Å². The lowest BCUT2D eigenvalue weighted by Crippen LogP contribution is -2.29. The van der Waals surface area contributed by atoms with Gasteiger partial charge in [0.05, 0.1) is 28.4 Å². The summed E-state index contributed by atoms with van der Waals surface area (Å²) in [6.45, 7) is 8.63. The number of ether oxygens (including phenoxy) is 1. The molecule has 6 nitrogen and oxygen atoms in total. The van der Waals surface area contributed by atoms with Crippen molar-refractivity contribution in [3.05, 3.63) is 94.1 Å². The molecule has 1 saturated heterocycles. The third kappa shape index (κ3) is 4.70. The number of benzene rings is 3. The van der Waals surface area contributed by atoms with Crippen LogP contribution in [0.4, 0.5) is 5.13 Å². The van der Waals surface area contributed by atoms with Gasteiger partial charge in [0.1, 0.15) is 11.5 Å². The van der Waals surface area contributed by atoms with Crippen LogP contribution in [0, 0.1) is 20.8 Å². The van der Waals surface area contributed by atoms with Crippen LogP contribution >= 0.6 is 11.3 Å². The summed E-state index contributed by atoms with van der Waals surface area (Å²) in [5.74, 6) is -1.08. The molecule has 5 rings (SSSR count). The number of Topliss-reactive ketones (excluding diaryl/α,β-unsaturated/α-hetero) is 1. The Morgan fingerprint density at radius 3 is 2.53 bits per heavy atom. The number of amides is 1. The third-order valence-corrected chi connectivity index (χ3v) is 7.74. The second kappa shape index (κ2) is 10.4. The lowest BCUT2D eigenvalue weighted by molar-refractivity contribution is -0.132. The standard InChI is InChI=1S/C31H30N2O4S/c1-5-6-14-37-23-9-7-8-22(17-23)28(34)25-27(21-12-10-18(2)11-13-21)33(30(36)29(25)35)31-32-26-20(4)15-19(3)16-24(26)38-31/h7-13,15-17,27,34H,5-6,14H2,1-4H3. The van der Waals surface area contributed by atoms with Crippen molar-refractivity contribution in [2.24, 2.45) is 0 Å². The number of hydrogen-bond donors (Lipinski definition) is 1. The van der Waals surface area contributed by atoms with Crippen LogP contribution in [0.15, 0.2) is 66.2 Å². The van der Waals surface area contributed by atoms with E-state index in [1.807, 2.05) is 63.2 Å². The van der Waals surface area contributed by atoms with Crippen LogP contribution < -0.4 is 9.64 Å². The van der Waals surface area contributed by atoms with E-state index < -0.39 is 17.7 Å². The predicted molar refractivity (Wildman–Crippen MR) is 152 cm³/mol. The maximum Gasteiger partial charge on any atom is 0.301 e. The summed E-state index contributed by atoms with van der Waals surface area (Å²) >= 11 is 1.37. The Hall–Kier alpha value is -3.97. The molecule has 1 atom stereocenters. The number of thiazole rings is 1. The number of carbonyl (C=O) groups excluding carboxylic acids is 2. The van der Waals surface area contributed by atoms with Gasteiger partial charge in [0.2, 0.25) is 0 Å². The highest BCUT2D eigenvalue weighted by atomic mass is 32.1. The fourth-order valence-corrected chi connectivity index (χ4v) is 5.95. The van der Waals surface area contributed by atoms with Gasteiger partial charge in [-0.2, -0.15) is 0 Å². The molecule has 0 aliphatic carbocycles. The Kier molecular flexibility index (Phi) is 7.04. The van der Waals surface area contributed by atoms with Crippen LogP contribution in [0.3, 0.4) is 0 Å². The SMILES string of the molecule is CCCCOc1cccc(C(O)=C2C(=O)C(=O)N(c3nc4c(C)cc(C)cc4s3)C2c2ccc(C)cc2)c1. The van der Waals surface area contributed by atoms with Gasteiger partial charge in [-0.1, -0.05) is 72.7 Å². The molecule has 0 spiro atoms. The largest absolute Gasteiger partial charge is 0.507 e. The van der Waals surface area contributed by atoms with Crippen molar-refractivity contribution >= 4 is 44.1 Å². The number of ketones is 1. The van der Waals surface area contributed by atoms with Crippen molar-refractivity contribution in [1.82, 2.24) is 4.98 Å². The Morgan fingerprint density at radius 1 is 1.03 bits per heavy atom. The van der Waals surface area contributed by atoms with Gasteiger partial charge in [0.15, 0.2) is 5.13 Å². The first-order valence-electron chi connectivity index (χ1n) is 12.8. The quantitative estimate of drug-likeness (QED) is 0.121. The minimum Gasteiger partial charge on any atom is -0.507 e. The van der Waals surface area contributed by atoms with Crippen molar-refractivity contribution in [2.45, 2.75) is 46.6 Å². The number of unbranched alkanes of at least 4 members (excludes halogenated alkanes) is 1. The number of aliphatic hydroxyl groups excluding tert-OH is 1. The molecule has 1 N–H and O–H groups in total. The second-order valence-electron chi connectivity index (χ2n) is 9.73. The van der Waals surface area contributed by atoms with Crippen molar-refractivity contribution < 1.29 is 19.4 Å². The highest BCUT2D eigenvalue weighted by Gasteiger charge is 2.48. The van der Waals surface area contributed by atoms with Crippen molar-refractivity contribution in [3.63, 3.8) is 0 Å². The average Bonchev–Trinajstić information content (AvgIpc) is 3.43. The fourth-order valence-electron chi connectivity index (χ4n) is 4.78. The Morgan fingerprint density at radius 2 is 1.79 bits per heavy atom. The predicted octanol–water partition coefficient (Wildman–Crippen LogP) is 7.03. The summed E-state index contributed by atoms with van der Waals surface area (Å²) in [6.07, 6.45) is 1.92. The zero-order valence-electron chi connectivity index (χ0n) is 21.9. The fraction of sp³-hybridized carbons (Fsp3) is 0.258. The lowest BCUT2D eigenvalue weighted by atomic mass is 9.95. The van der Waals surface area contributed by atoms with Gasteiger partial charge in [-0.3, -0.25) is 14.5 Å². The van der Waals surface area contributed by atoms with Gasteiger partial charge < -0.3 is 9.84 Å². The molecular formula is C31H30N2O4S. The highest BCUT2D eigenvalue weighted by molar-refractivity contribution is 7.22. The Labute approximate surface area is 226 Å². The van der Waals surface area contributed by atoms with E-state index in [4.69, 9.17) is 9.72 Å². The monoisotopic (exact) mass is 526 g/mol. The highest BCUT2D eigenvalue weighted by Crippen LogP contribution is 2.45. The zero-order valence-corrected chi connectivity index (χ0v) is 22.8. The number of anilines is 1. The molecule has 1 aliphatic heterocycles. The molecule has 1 unspecified atom stereocenters. The topological polar surface area (TPSA) is 79.7 Å². The zero-order chi connectivity index (χ0) is 27.0. The van der Waals surface area contributed by atoms with Crippen molar-refractivity contribution in [1.29, 1.82) is 0 Å². The van der Waals surface area contributed by atoms with Crippen molar-refractivity contribution in [3.8, 4) is 5.75 Å². The van der Waals surface area contributed by atoms with Gasteiger partial charge in [-0.05, 0) is 62.1 Å². The number of carbonyl (C=O) groups is 2. The minimum atomic E-state index is -0.817. The maximum absolute atomic E-state index is 13.5. The van der Waals surface area contributed by atoms with Crippen LogP contribution in [0.25, 0.3) is 16.0 Å². The van der Waals surface area contributed by atoms with E-state index in [1.54, 1.807) is 18.2 Å². The molecule has 4 aromatic rings. The first kappa shape index (κ1) is 25.7. The molecule has 2 heterocycles. The summed E-state index contributed by atoms with van der Waals surface area (Å²) in [5, 5.41) is 11.9. The number of aromatic nitrogens is 1. The number of nitrogens with zero attached hydrogens (tertiary/aromatic N) is 2. The van der Waals surface area contributed by atoms with Crippen LogP contribution in [-0.4, -0.2) is 28.4 Å². The minimum absolute atomic E-state index is 0.0386. The van der Waals surface area contributed by atoms with E-state index in [1.165, 1.54) is 16.2 Å². The van der Waals surface area contributed by atoms with Crippen LogP contribution in [0.2, 0.25) is 0 Å². The van der Waals surface area contributed by atoms with E-state index in [2.05, 4.69) is 6.92 Å². The third-order valence-electron chi connectivity index (χ3n) is 6.74. The van der Waals surface area contributed by atoms with Gasteiger partial charge in [-0.25, -0.2) is 4.98 Å². The molecule has 0 radical (unpaired) electrons. The lowest BCUT2D eigenvalue weighted by Gasteiger charge is -2.23. The van der Waals surface area contributed by atoms with Gasteiger partial charge >= 0.3 is 5.91 Å². The number of aliphatic hydroxyl groups is 1. The molecule has 194 valence electrons. The molecule has 1 fully saturated rings.